The highest BCUT2D eigenvalue weighted by atomic mass is 19.1. The first-order chi connectivity index (χ1) is 14.2. The van der Waals surface area contributed by atoms with Gasteiger partial charge in [-0.25, -0.2) is 9.18 Å². The molecule has 2 atom stereocenters. The van der Waals surface area contributed by atoms with Crippen LogP contribution < -0.4 is 14.9 Å². The largest absolute Gasteiger partial charge is 0.493 e. The van der Waals surface area contributed by atoms with Crippen LogP contribution in [0.3, 0.4) is 0 Å². The van der Waals surface area contributed by atoms with Crippen molar-refractivity contribution in [3.63, 3.8) is 0 Å². The highest BCUT2D eigenvalue weighted by molar-refractivity contribution is 5.88. The minimum absolute atomic E-state index is 0.0378. The maximum absolute atomic E-state index is 15.2. The quantitative estimate of drug-likeness (QED) is 0.695. The molecule has 1 aromatic heterocycles. The van der Waals surface area contributed by atoms with Gasteiger partial charge in [0.15, 0.2) is 17.3 Å². The second-order valence-electron chi connectivity index (χ2n) is 8.28. The Labute approximate surface area is 173 Å². The second-order valence-corrected chi connectivity index (χ2v) is 8.28. The number of nitrogens with zero attached hydrogens (tertiary/aromatic N) is 1. The lowest BCUT2D eigenvalue weighted by Crippen LogP contribution is -2.25. The van der Waals surface area contributed by atoms with Gasteiger partial charge in [-0.1, -0.05) is 13.8 Å². The third-order valence-electron chi connectivity index (χ3n) is 6.16. The highest BCUT2D eigenvalue weighted by Crippen LogP contribution is 2.72. The van der Waals surface area contributed by atoms with Gasteiger partial charge < -0.3 is 23.9 Å². The van der Waals surface area contributed by atoms with Crippen molar-refractivity contribution in [2.45, 2.75) is 32.2 Å². The normalized spacial score (nSPS) is 20.0. The number of benzene rings is 1. The third kappa shape index (κ3) is 2.89. The van der Waals surface area contributed by atoms with Crippen molar-refractivity contribution in [2.75, 3.05) is 27.4 Å². The van der Waals surface area contributed by atoms with Gasteiger partial charge in [-0.05, 0) is 23.1 Å². The molecule has 4 rings (SSSR count). The minimum Gasteiger partial charge on any atom is -0.493 e. The van der Waals surface area contributed by atoms with Gasteiger partial charge in [0.2, 0.25) is 5.43 Å². The molecule has 0 saturated heterocycles. The molecule has 0 amide bonds. The number of ether oxygens (including phenoxy) is 3. The van der Waals surface area contributed by atoms with Gasteiger partial charge in [0.1, 0.15) is 5.56 Å². The Balaban J connectivity index is 1.89. The molecule has 1 saturated carbocycles. The molecule has 1 unspecified atom stereocenters. The summed E-state index contributed by atoms with van der Waals surface area (Å²) in [7, 11) is 3.12. The monoisotopic (exact) mass is 417 g/mol. The molecule has 30 heavy (non-hydrogen) atoms. The summed E-state index contributed by atoms with van der Waals surface area (Å²) in [6.07, 6.45) is 1.97. The SMILES string of the molecule is COCCCOc1cc2c(cc1OC)-c1c(F)c(=O)c(C(=O)O)cn1C1[C@@H]2C1(C)C. The van der Waals surface area contributed by atoms with Gasteiger partial charge in [-0.3, -0.25) is 4.79 Å². The standard InChI is InChI=1S/C22H24FNO6/c1-22(2)16-11-8-15(30-7-5-6-28-3)14(29-4)9-12(11)18-17(23)19(25)13(21(26)27)10-24(18)20(16)22/h8-10,16,20H,5-7H2,1-4H3,(H,26,27)/t16-,20?/m1/s1. The van der Waals surface area contributed by atoms with Crippen LogP contribution >= 0.6 is 0 Å². The number of aromatic nitrogens is 1. The molecule has 1 fully saturated rings. The first-order valence-electron chi connectivity index (χ1n) is 9.76. The maximum Gasteiger partial charge on any atom is 0.341 e. The molecule has 160 valence electrons. The van der Waals surface area contributed by atoms with Gasteiger partial charge in [0.25, 0.3) is 0 Å². The van der Waals surface area contributed by atoms with E-state index in [4.69, 9.17) is 14.2 Å². The third-order valence-corrected chi connectivity index (χ3v) is 6.16. The van der Waals surface area contributed by atoms with Crippen LogP contribution in [-0.4, -0.2) is 43.1 Å². The predicted molar refractivity (Wildman–Crippen MR) is 107 cm³/mol. The fourth-order valence-corrected chi connectivity index (χ4v) is 4.63. The summed E-state index contributed by atoms with van der Waals surface area (Å²) in [5.41, 5.74) is -0.430. The molecule has 2 aromatic rings. The van der Waals surface area contributed by atoms with Crippen molar-refractivity contribution in [3.05, 3.63) is 45.5 Å². The number of halogens is 1. The molecule has 7 nitrogen and oxygen atoms in total. The van der Waals surface area contributed by atoms with Crippen molar-refractivity contribution in [1.29, 1.82) is 0 Å². The number of methoxy groups -OCH3 is 2. The van der Waals surface area contributed by atoms with Crippen LogP contribution in [0.1, 0.15) is 48.1 Å². The van der Waals surface area contributed by atoms with Gasteiger partial charge in [-0.2, -0.15) is 0 Å². The zero-order chi connectivity index (χ0) is 21.8. The van der Waals surface area contributed by atoms with Crippen LogP contribution in [0.2, 0.25) is 0 Å². The summed E-state index contributed by atoms with van der Waals surface area (Å²) in [6.45, 7) is 5.09. The molecule has 8 heteroatoms. The molecule has 1 aromatic carbocycles. The zero-order valence-electron chi connectivity index (χ0n) is 17.3. The Kier molecular flexibility index (Phi) is 4.85. The van der Waals surface area contributed by atoms with Crippen molar-refractivity contribution in [3.8, 4) is 22.8 Å². The van der Waals surface area contributed by atoms with E-state index in [0.29, 0.717) is 36.7 Å². The van der Waals surface area contributed by atoms with E-state index < -0.39 is 22.8 Å². The van der Waals surface area contributed by atoms with Crippen LogP contribution in [0.5, 0.6) is 11.5 Å². The maximum atomic E-state index is 15.2. The Morgan fingerprint density at radius 1 is 1.23 bits per heavy atom. The number of hydrogen-bond acceptors (Lipinski definition) is 5. The van der Waals surface area contributed by atoms with E-state index in [1.807, 2.05) is 19.9 Å². The Morgan fingerprint density at radius 3 is 2.60 bits per heavy atom. The van der Waals surface area contributed by atoms with Crippen LogP contribution in [0.4, 0.5) is 4.39 Å². The summed E-state index contributed by atoms with van der Waals surface area (Å²) in [6, 6.07) is 3.37. The van der Waals surface area contributed by atoms with E-state index in [1.165, 1.54) is 13.3 Å². The molecular formula is C22H24FNO6. The zero-order valence-corrected chi connectivity index (χ0v) is 17.3. The molecule has 1 aliphatic heterocycles. The Morgan fingerprint density at radius 2 is 1.97 bits per heavy atom. The number of aromatic carboxylic acids is 1. The number of carboxylic acid groups (broad SMARTS) is 1. The highest BCUT2D eigenvalue weighted by Gasteiger charge is 2.63. The lowest BCUT2D eigenvalue weighted by Gasteiger charge is -2.24. The Hall–Kier alpha value is -2.87. The van der Waals surface area contributed by atoms with Crippen LogP contribution in [0, 0.1) is 11.2 Å². The summed E-state index contributed by atoms with van der Waals surface area (Å²) < 4.78 is 33.1. The number of pyridine rings is 1. The molecule has 0 spiro atoms. The van der Waals surface area contributed by atoms with Crippen LogP contribution in [0.15, 0.2) is 23.1 Å². The first-order valence-corrected chi connectivity index (χ1v) is 9.76. The average molecular weight is 417 g/mol. The van der Waals surface area contributed by atoms with Gasteiger partial charge >= 0.3 is 5.97 Å². The number of carboxylic acids is 1. The number of carbonyl (C=O) groups is 1. The first kappa shape index (κ1) is 20.4. The van der Waals surface area contributed by atoms with E-state index >= 15 is 4.39 Å². The summed E-state index contributed by atoms with van der Waals surface area (Å²) in [5.74, 6) is -1.49. The van der Waals surface area contributed by atoms with Crippen molar-refractivity contribution in [1.82, 2.24) is 4.57 Å². The summed E-state index contributed by atoms with van der Waals surface area (Å²) in [4.78, 5) is 23.8. The molecule has 0 radical (unpaired) electrons. The molecule has 1 N–H and O–H groups in total. The van der Waals surface area contributed by atoms with Gasteiger partial charge in [-0.15, -0.1) is 0 Å². The molecule has 2 heterocycles. The predicted octanol–water partition coefficient (Wildman–Crippen LogP) is 3.45. The van der Waals surface area contributed by atoms with E-state index in [2.05, 4.69) is 0 Å². The lowest BCUT2D eigenvalue weighted by atomic mass is 9.93. The fraction of sp³-hybridized carbons (Fsp3) is 0.455. The smallest absolute Gasteiger partial charge is 0.341 e. The molecular weight excluding hydrogens is 393 g/mol. The fourth-order valence-electron chi connectivity index (χ4n) is 4.63. The average Bonchev–Trinajstić information content (AvgIpc) is 3.29. The number of fused-ring (bicyclic) bond motifs is 6. The van der Waals surface area contributed by atoms with Crippen LogP contribution in [-0.2, 0) is 4.74 Å². The van der Waals surface area contributed by atoms with Crippen molar-refractivity contribution >= 4 is 5.97 Å². The second kappa shape index (κ2) is 7.12. The van der Waals surface area contributed by atoms with Crippen molar-refractivity contribution in [2.24, 2.45) is 5.41 Å². The van der Waals surface area contributed by atoms with E-state index in [9.17, 15) is 14.7 Å². The number of rotatable bonds is 7. The van der Waals surface area contributed by atoms with E-state index in [0.717, 1.165) is 5.56 Å². The Bertz CT molecular complexity index is 1090. The molecule has 1 aliphatic carbocycles. The van der Waals surface area contributed by atoms with Gasteiger partial charge in [0.05, 0.1) is 19.4 Å². The lowest BCUT2D eigenvalue weighted by molar-refractivity contribution is 0.0693. The minimum atomic E-state index is -1.44. The van der Waals surface area contributed by atoms with Crippen molar-refractivity contribution < 1.29 is 28.5 Å². The molecule has 2 aliphatic rings. The number of hydrogen-bond donors (Lipinski definition) is 1. The van der Waals surface area contributed by atoms with Gasteiger partial charge in [0, 0.05) is 43.9 Å². The van der Waals surface area contributed by atoms with E-state index in [1.54, 1.807) is 17.7 Å². The van der Waals surface area contributed by atoms with Crippen LogP contribution in [0.25, 0.3) is 11.3 Å². The topological polar surface area (TPSA) is 87.0 Å². The summed E-state index contributed by atoms with van der Waals surface area (Å²) in [5, 5.41) is 9.33. The van der Waals surface area contributed by atoms with E-state index in [-0.39, 0.29) is 23.1 Å². The summed E-state index contributed by atoms with van der Waals surface area (Å²) >= 11 is 0. The molecule has 0 bridgehead atoms.